The van der Waals surface area contributed by atoms with Crippen LogP contribution in [-0.2, 0) is 0 Å². The van der Waals surface area contributed by atoms with Gasteiger partial charge < -0.3 is 10.6 Å². The summed E-state index contributed by atoms with van der Waals surface area (Å²) in [4.78, 5) is 5.40. The van der Waals surface area contributed by atoms with Crippen LogP contribution in [0, 0.1) is 5.92 Å². The molecule has 3 nitrogen and oxygen atoms in total. The van der Waals surface area contributed by atoms with Crippen LogP contribution in [0.1, 0.15) is 45.4 Å². The normalized spacial score (nSPS) is 47.2. The first-order chi connectivity index (χ1) is 8.65. The van der Waals surface area contributed by atoms with Crippen LogP contribution in [0.2, 0.25) is 0 Å². The van der Waals surface area contributed by atoms with Crippen molar-refractivity contribution in [2.75, 3.05) is 20.1 Å². The van der Waals surface area contributed by atoms with E-state index in [1.54, 1.807) is 0 Å². The second kappa shape index (κ2) is 5.10. The molecule has 2 bridgehead atoms. The van der Waals surface area contributed by atoms with E-state index < -0.39 is 0 Å². The molecule has 0 aromatic heterocycles. The highest BCUT2D eigenvalue weighted by Gasteiger charge is 2.42. The number of nitrogens with two attached hydrogens (primary N) is 1. The predicted octanol–water partition coefficient (Wildman–Crippen LogP) is 1.67. The minimum absolute atomic E-state index is 0.470. The molecule has 3 heterocycles. The first kappa shape index (κ1) is 12.9. The number of hydrogen-bond acceptors (Lipinski definition) is 3. The fraction of sp³-hybridized carbons (Fsp3) is 1.00. The summed E-state index contributed by atoms with van der Waals surface area (Å²) in [5.74, 6) is 0.821. The lowest BCUT2D eigenvalue weighted by atomic mass is 9.78. The molecule has 0 radical (unpaired) electrons. The van der Waals surface area contributed by atoms with Gasteiger partial charge in [0.25, 0.3) is 0 Å². The molecule has 0 aromatic rings. The summed E-state index contributed by atoms with van der Waals surface area (Å²) >= 11 is 0. The Bertz CT molecular complexity index is 279. The Morgan fingerprint density at radius 2 is 1.72 bits per heavy atom. The van der Waals surface area contributed by atoms with E-state index >= 15 is 0 Å². The Hall–Kier alpha value is -0.120. The lowest BCUT2D eigenvalue weighted by Gasteiger charge is -2.54. The van der Waals surface area contributed by atoms with Gasteiger partial charge in [-0.05, 0) is 51.6 Å². The van der Waals surface area contributed by atoms with Crippen molar-refractivity contribution in [2.45, 2.75) is 69.6 Å². The first-order valence-corrected chi connectivity index (χ1v) is 7.86. The Labute approximate surface area is 112 Å². The Morgan fingerprint density at radius 3 is 2.33 bits per heavy atom. The Morgan fingerprint density at radius 1 is 1.06 bits per heavy atom. The molecule has 3 heteroatoms. The largest absolute Gasteiger partial charge is 0.328 e. The van der Waals surface area contributed by atoms with Gasteiger partial charge in [-0.2, -0.15) is 0 Å². The van der Waals surface area contributed by atoms with Crippen molar-refractivity contribution in [3.63, 3.8) is 0 Å². The van der Waals surface area contributed by atoms with Crippen LogP contribution in [0.5, 0.6) is 0 Å². The molecule has 4 unspecified atom stereocenters. The van der Waals surface area contributed by atoms with Crippen LogP contribution in [-0.4, -0.2) is 54.1 Å². The number of rotatable bonds is 1. The number of likely N-dealkylation sites (tertiary alicyclic amines) is 1. The molecule has 0 spiro atoms. The van der Waals surface area contributed by atoms with E-state index in [0.717, 1.165) is 24.0 Å². The highest BCUT2D eigenvalue weighted by molar-refractivity contribution is 4.99. The van der Waals surface area contributed by atoms with Gasteiger partial charge in [0.2, 0.25) is 0 Å². The molecule has 3 saturated heterocycles. The minimum Gasteiger partial charge on any atom is -0.328 e. The third-order valence-electron chi connectivity index (χ3n) is 5.51. The summed E-state index contributed by atoms with van der Waals surface area (Å²) in [6, 6.07) is 2.88. The fourth-order valence-corrected chi connectivity index (χ4v) is 4.79. The zero-order valence-corrected chi connectivity index (χ0v) is 12.0. The molecule has 104 valence electrons. The molecular formula is C15H29N3. The van der Waals surface area contributed by atoms with Gasteiger partial charge in [-0.3, -0.25) is 4.90 Å². The molecule has 0 aliphatic carbocycles. The molecule has 3 fully saturated rings. The lowest BCUT2D eigenvalue weighted by Crippen LogP contribution is -2.62. The van der Waals surface area contributed by atoms with Gasteiger partial charge >= 0.3 is 0 Å². The van der Waals surface area contributed by atoms with Crippen LogP contribution in [0.15, 0.2) is 0 Å². The zero-order valence-electron chi connectivity index (χ0n) is 12.0. The van der Waals surface area contributed by atoms with Gasteiger partial charge in [0.05, 0.1) is 0 Å². The standard InChI is InChI=1S/C15H29N3/c1-11-10-17(2)7-6-15(11)18-13-4-3-5-14(18)9-12(16)8-13/h11-15H,3-10,16H2,1-2H3. The van der Waals surface area contributed by atoms with Crippen molar-refractivity contribution in [2.24, 2.45) is 11.7 Å². The van der Waals surface area contributed by atoms with Crippen LogP contribution in [0.3, 0.4) is 0 Å². The molecule has 0 saturated carbocycles. The van der Waals surface area contributed by atoms with Gasteiger partial charge in [-0.15, -0.1) is 0 Å². The average molecular weight is 251 g/mol. The monoisotopic (exact) mass is 251 g/mol. The van der Waals surface area contributed by atoms with Gasteiger partial charge in [0.15, 0.2) is 0 Å². The fourth-order valence-electron chi connectivity index (χ4n) is 4.79. The van der Waals surface area contributed by atoms with Gasteiger partial charge in [-0.25, -0.2) is 0 Å². The maximum Gasteiger partial charge on any atom is 0.0151 e. The third-order valence-corrected chi connectivity index (χ3v) is 5.51. The molecule has 0 amide bonds. The number of nitrogens with zero attached hydrogens (tertiary/aromatic N) is 2. The quantitative estimate of drug-likeness (QED) is 0.769. The van der Waals surface area contributed by atoms with Crippen LogP contribution >= 0.6 is 0 Å². The summed E-state index contributed by atoms with van der Waals surface area (Å²) in [7, 11) is 2.26. The summed E-state index contributed by atoms with van der Waals surface area (Å²) in [5.41, 5.74) is 6.24. The van der Waals surface area contributed by atoms with Crippen LogP contribution < -0.4 is 5.73 Å². The summed E-state index contributed by atoms with van der Waals surface area (Å²) in [6.45, 7) is 4.99. The number of piperidine rings is 3. The van der Waals surface area contributed by atoms with Crippen LogP contribution in [0.25, 0.3) is 0 Å². The SMILES string of the molecule is CC1CN(C)CCC1N1C2CCCC1CC(N)C2. The zero-order chi connectivity index (χ0) is 12.7. The summed E-state index contributed by atoms with van der Waals surface area (Å²) in [5, 5.41) is 0. The molecule has 2 N–H and O–H groups in total. The first-order valence-electron chi connectivity index (χ1n) is 7.86. The maximum atomic E-state index is 6.24. The van der Waals surface area contributed by atoms with E-state index in [1.807, 2.05) is 0 Å². The van der Waals surface area contributed by atoms with E-state index in [9.17, 15) is 0 Å². The third kappa shape index (κ3) is 2.33. The topological polar surface area (TPSA) is 32.5 Å². The van der Waals surface area contributed by atoms with E-state index in [2.05, 4.69) is 23.8 Å². The van der Waals surface area contributed by atoms with Crippen molar-refractivity contribution in [3.05, 3.63) is 0 Å². The second-order valence-corrected chi connectivity index (χ2v) is 7.01. The number of fused-ring (bicyclic) bond motifs is 2. The van der Waals surface area contributed by atoms with Crippen molar-refractivity contribution < 1.29 is 0 Å². The smallest absolute Gasteiger partial charge is 0.0151 e. The summed E-state index contributed by atoms with van der Waals surface area (Å²) in [6.07, 6.45) is 8.07. The van der Waals surface area contributed by atoms with Gasteiger partial charge in [0.1, 0.15) is 0 Å². The lowest BCUT2D eigenvalue weighted by molar-refractivity contribution is -0.0439. The number of hydrogen-bond donors (Lipinski definition) is 1. The second-order valence-electron chi connectivity index (χ2n) is 7.01. The van der Waals surface area contributed by atoms with E-state index in [4.69, 9.17) is 5.73 Å². The Kier molecular flexibility index (Phi) is 3.65. The molecular weight excluding hydrogens is 222 g/mol. The highest BCUT2D eigenvalue weighted by Crippen LogP contribution is 2.38. The van der Waals surface area contributed by atoms with E-state index in [0.29, 0.717) is 6.04 Å². The van der Waals surface area contributed by atoms with E-state index in [1.165, 1.54) is 51.6 Å². The van der Waals surface area contributed by atoms with Crippen molar-refractivity contribution in [1.82, 2.24) is 9.80 Å². The molecule has 4 atom stereocenters. The van der Waals surface area contributed by atoms with Gasteiger partial charge in [0, 0.05) is 30.7 Å². The maximum absolute atomic E-state index is 6.24. The average Bonchev–Trinajstić information content (AvgIpc) is 2.28. The molecule has 3 rings (SSSR count). The van der Waals surface area contributed by atoms with Crippen molar-refractivity contribution >= 4 is 0 Å². The molecule has 0 aromatic carbocycles. The van der Waals surface area contributed by atoms with Gasteiger partial charge in [-0.1, -0.05) is 13.3 Å². The Balaban J connectivity index is 1.74. The molecule has 18 heavy (non-hydrogen) atoms. The predicted molar refractivity (Wildman–Crippen MR) is 75.5 cm³/mol. The van der Waals surface area contributed by atoms with Crippen LogP contribution in [0.4, 0.5) is 0 Å². The molecule has 3 aliphatic heterocycles. The molecule has 3 aliphatic rings. The van der Waals surface area contributed by atoms with Crippen molar-refractivity contribution in [1.29, 1.82) is 0 Å². The highest BCUT2D eigenvalue weighted by atomic mass is 15.3. The summed E-state index contributed by atoms with van der Waals surface area (Å²) < 4.78 is 0. The minimum atomic E-state index is 0.470. The van der Waals surface area contributed by atoms with E-state index in [-0.39, 0.29) is 0 Å². The van der Waals surface area contributed by atoms with Crippen molar-refractivity contribution in [3.8, 4) is 0 Å².